The Hall–Kier alpha value is -3.43. The molecule has 0 spiro atoms. The molecule has 3 aliphatic rings. The summed E-state index contributed by atoms with van der Waals surface area (Å²) in [7, 11) is 0. The van der Waals surface area contributed by atoms with Crippen molar-refractivity contribution in [3.8, 4) is 11.1 Å². The minimum Gasteiger partial charge on any atom is -0.479 e. The minimum atomic E-state index is -1.08. The molecule has 2 aliphatic heterocycles. The number of carbonyl (C=O) groups is 3. The van der Waals surface area contributed by atoms with Gasteiger partial charge in [-0.2, -0.15) is 0 Å². The zero-order chi connectivity index (χ0) is 24.4. The first kappa shape index (κ1) is 23.3. The summed E-state index contributed by atoms with van der Waals surface area (Å²) in [4.78, 5) is 36.2. The first-order valence-electron chi connectivity index (χ1n) is 11.9. The quantitative estimate of drug-likeness (QED) is 0.556. The van der Waals surface area contributed by atoms with E-state index in [1.165, 1.54) is 11.1 Å². The third-order valence-electron chi connectivity index (χ3n) is 6.93. The molecule has 3 N–H and O–H groups in total. The Morgan fingerprint density at radius 1 is 1.00 bits per heavy atom. The number of nitrogens with one attached hydrogen (secondary N) is 2. The van der Waals surface area contributed by atoms with E-state index in [4.69, 9.17) is 14.2 Å². The van der Waals surface area contributed by atoms with E-state index in [1.54, 1.807) is 0 Å². The Morgan fingerprint density at radius 3 is 2.37 bits per heavy atom. The Morgan fingerprint density at radius 2 is 1.69 bits per heavy atom. The molecule has 0 aromatic heterocycles. The molecule has 5 rings (SSSR count). The lowest BCUT2D eigenvalue weighted by Crippen LogP contribution is -2.46. The first-order chi connectivity index (χ1) is 17.0. The number of fused-ring (bicyclic) bond motifs is 3. The molecule has 4 atom stereocenters. The van der Waals surface area contributed by atoms with Gasteiger partial charge in [-0.15, -0.1) is 0 Å². The van der Waals surface area contributed by atoms with Crippen molar-refractivity contribution < 1.29 is 33.7 Å². The first-order valence-corrected chi connectivity index (χ1v) is 11.9. The average molecular weight is 481 g/mol. The molecular formula is C26H28N2O7. The summed E-state index contributed by atoms with van der Waals surface area (Å²) in [5.41, 5.74) is 4.62. The van der Waals surface area contributed by atoms with Gasteiger partial charge in [0.2, 0.25) is 5.91 Å². The maximum atomic E-state index is 12.6. The number of hydrogen-bond donors (Lipinski definition) is 3. The predicted molar refractivity (Wildman–Crippen MR) is 125 cm³/mol. The summed E-state index contributed by atoms with van der Waals surface area (Å²) in [5, 5.41) is 14.7. The van der Waals surface area contributed by atoms with E-state index in [0.717, 1.165) is 11.1 Å². The molecule has 0 bridgehead atoms. The van der Waals surface area contributed by atoms with Crippen LogP contribution in [0, 0.1) is 5.92 Å². The smallest absolute Gasteiger partial charge is 0.407 e. The second-order valence-corrected chi connectivity index (χ2v) is 9.13. The summed E-state index contributed by atoms with van der Waals surface area (Å²) >= 11 is 0. The maximum absolute atomic E-state index is 12.6. The number of rotatable bonds is 7. The van der Waals surface area contributed by atoms with Crippen LogP contribution in [0.1, 0.15) is 29.9 Å². The topological polar surface area (TPSA) is 123 Å². The van der Waals surface area contributed by atoms with Gasteiger partial charge in [-0.1, -0.05) is 48.5 Å². The van der Waals surface area contributed by atoms with Crippen LogP contribution < -0.4 is 10.6 Å². The van der Waals surface area contributed by atoms with Crippen molar-refractivity contribution >= 4 is 18.0 Å². The number of carboxylic acid groups (broad SMARTS) is 1. The average Bonchev–Trinajstić information content (AvgIpc) is 3.59. The van der Waals surface area contributed by atoms with Crippen LogP contribution in [0.5, 0.6) is 0 Å². The number of alkyl carbamates (subject to hydrolysis) is 1. The number of ether oxygens (including phenoxy) is 3. The molecule has 2 aromatic rings. The lowest BCUT2D eigenvalue weighted by Gasteiger charge is -2.18. The summed E-state index contributed by atoms with van der Waals surface area (Å²) in [5.74, 6) is -1.76. The van der Waals surface area contributed by atoms with Crippen LogP contribution in [0.15, 0.2) is 48.5 Å². The predicted octanol–water partition coefficient (Wildman–Crippen LogP) is 2.29. The van der Waals surface area contributed by atoms with Crippen molar-refractivity contribution in [1.82, 2.24) is 10.6 Å². The number of aliphatic carboxylic acids is 1. The highest BCUT2D eigenvalue weighted by atomic mass is 16.5. The molecule has 184 valence electrons. The van der Waals surface area contributed by atoms with E-state index < -0.39 is 30.1 Å². The van der Waals surface area contributed by atoms with Gasteiger partial charge >= 0.3 is 12.1 Å². The lowest BCUT2D eigenvalue weighted by molar-refractivity contribution is -0.148. The highest BCUT2D eigenvalue weighted by molar-refractivity contribution is 5.81. The highest BCUT2D eigenvalue weighted by Crippen LogP contribution is 2.44. The van der Waals surface area contributed by atoms with Gasteiger partial charge in [0.05, 0.1) is 24.7 Å². The number of benzene rings is 2. The van der Waals surface area contributed by atoms with Gasteiger partial charge in [0.1, 0.15) is 6.61 Å². The van der Waals surface area contributed by atoms with E-state index in [0.29, 0.717) is 19.4 Å². The van der Waals surface area contributed by atoms with Crippen molar-refractivity contribution in [3.63, 3.8) is 0 Å². The molecule has 2 amide bonds. The maximum Gasteiger partial charge on any atom is 0.407 e. The fourth-order valence-corrected chi connectivity index (χ4v) is 5.16. The second kappa shape index (κ2) is 10.1. The normalized spacial score (nSPS) is 25.0. The minimum absolute atomic E-state index is 0.0156. The van der Waals surface area contributed by atoms with Gasteiger partial charge < -0.3 is 30.0 Å². The standard InChI is InChI=1S/C26H28N2O7/c29-24(28-22-9-10-33-23(22)25(30)31)15-11-16(34-13-15)12-27-26(32)35-14-21-19-7-3-1-5-17(19)18-6-2-4-8-20(18)21/h1-8,15-16,21-23H,9-14H2,(H,27,32)(H,28,29)(H,30,31)/t15-,16-,22+,23-/m0/s1. The monoisotopic (exact) mass is 480 g/mol. The second-order valence-electron chi connectivity index (χ2n) is 9.13. The van der Waals surface area contributed by atoms with Crippen LogP contribution in [0.3, 0.4) is 0 Å². The van der Waals surface area contributed by atoms with Crippen LogP contribution in [-0.4, -0.2) is 67.7 Å². The van der Waals surface area contributed by atoms with Gasteiger partial charge in [-0.3, -0.25) is 4.79 Å². The zero-order valence-corrected chi connectivity index (χ0v) is 19.1. The van der Waals surface area contributed by atoms with E-state index in [1.807, 2.05) is 24.3 Å². The number of hydrogen-bond acceptors (Lipinski definition) is 6. The highest BCUT2D eigenvalue weighted by Gasteiger charge is 2.38. The molecule has 0 saturated carbocycles. The Labute approximate surface area is 202 Å². The Balaban J connectivity index is 1.08. The molecule has 0 radical (unpaired) electrons. The zero-order valence-electron chi connectivity index (χ0n) is 19.1. The summed E-state index contributed by atoms with van der Waals surface area (Å²) in [6, 6.07) is 15.7. The lowest BCUT2D eigenvalue weighted by atomic mass is 9.98. The molecule has 0 unspecified atom stereocenters. The van der Waals surface area contributed by atoms with Gasteiger partial charge in [-0.05, 0) is 35.1 Å². The van der Waals surface area contributed by atoms with E-state index in [-0.39, 0.29) is 37.7 Å². The largest absolute Gasteiger partial charge is 0.479 e. The number of carboxylic acids is 1. The molecule has 9 heteroatoms. The summed E-state index contributed by atoms with van der Waals surface area (Å²) in [6.07, 6.45) is -0.978. The molecule has 2 fully saturated rings. The van der Waals surface area contributed by atoms with Gasteiger partial charge in [0.15, 0.2) is 6.10 Å². The van der Waals surface area contributed by atoms with Crippen LogP contribution in [0.4, 0.5) is 4.79 Å². The Kier molecular flexibility index (Phi) is 6.70. The van der Waals surface area contributed by atoms with Crippen molar-refractivity contribution in [2.75, 3.05) is 26.4 Å². The molecule has 2 aromatic carbocycles. The summed E-state index contributed by atoms with van der Waals surface area (Å²) in [6.45, 7) is 0.972. The SMILES string of the molecule is O=C(NC[C@@H]1C[C@H](C(=O)N[C@@H]2CCO[C@@H]2C(=O)O)CO1)OCC1c2ccccc2-c2ccccc21. The van der Waals surface area contributed by atoms with Crippen molar-refractivity contribution in [2.45, 2.75) is 37.0 Å². The fraction of sp³-hybridized carbons (Fsp3) is 0.423. The fourth-order valence-electron chi connectivity index (χ4n) is 5.16. The van der Waals surface area contributed by atoms with Crippen molar-refractivity contribution in [2.24, 2.45) is 5.92 Å². The van der Waals surface area contributed by atoms with E-state index >= 15 is 0 Å². The van der Waals surface area contributed by atoms with Crippen LogP contribution >= 0.6 is 0 Å². The van der Waals surface area contributed by atoms with Crippen LogP contribution in [0.25, 0.3) is 11.1 Å². The molecular weight excluding hydrogens is 452 g/mol. The van der Waals surface area contributed by atoms with Crippen molar-refractivity contribution in [1.29, 1.82) is 0 Å². The van der Waals surface area contributed by atoms with Crippen LogP contribution in [0.2, 0.25) is 0 Å². The molecule has 2 saturated heterocycles. The molecule has 1 aliphatic carbocycles. The molecule has 2 heterocycles. The van der Waals surface area contributed by atoms with Gasteiger partial charge in [0, 0.05) is 19.1 Å². The van der Waals surface area contributed by atoms with E-state index in [9.17, 15) is 19.5 Å². The number of carbonyl (C=O) groups excluding carboxylic acids is 2. The molecule has 9 nitrogen and oxygen atoms in total. The van der Waals surface area contributed by atoms with Gasteiger partial charge in [-0.25, -0.2) is 9.59 Å². The van der Waals surface area contributed by atoms with Crippen LogP contribution in [-0.2, 0) is 23.8 Å². The number of amides is 2. The third-order valence-corrected chi connectivity index (χ3v) is 6.93. The van der Waals surface area contributed by atoms with E-state index in [2.05, 4.69) is 34.9 Å². The van der Waals surface area contributed by atoms with Gasteiger partial charge in [0.25, 0.3) is 0 Å². The molecule has 35 heavy (non-hydrogen) atoms. The summed E-state index contributed by atoms with van der Waals surface area (Å²) < 4.78 is 16.4. The van der Waals surface area contributed by atoms with Crippen molar-refractivity contribution in [3.05, 3.63) is 59.7 Å². The third kappa shape index (κ3) is 4.87. The Bertz CT molecular complexity index is 1070.